The van der Waals surface area contributed by atoms with Crippen molar-refractivity contribution in [3.8, 4) is 5.75 Å². The normalized spacial score (nSPS) is 25.4. The molecule has 1 aromatic carbocycles. The molecule has 0 radical (unpaired) electrons. The maximum absolute atomic E-state index is 13.0. The lowest BCUT2D eigenvalue weighted by Crippen LogP contribution is -2.40. The second kappa shape index (κ2) is 5.22. The first-order valence-electron chi connectivity index (χ1n) is 7.30. The van der Waals surface area contributed by atoms with Gasteiger partial charge in [0.2, 0.25) is 10.0 Å². The van der Waals surface area contributed by atoms with Gasteiger partial charge in [-0.1, -0.05) is 13.8 Å². The van der Waals surface area contributed by atoms with E-state index >= 15 is 0 Å². The lowest BCUT2D eigenvalue weighted by atomic mass is 9.79. The highest BCUT2D eigenvalue weighted by Crippen LogP contribution is 2.42. The van der Waals surface area contributed by atoms with Crippen LogP contribution in [0.1, 0.15) is 31.9 Å². The lowest BCUT2D eigenvalue weighted by molar-refractivity contribution is -0.0100. The first kappa shape index (κ1) is 17.2. The number of hydrogen-bond donors (Lipinski definition) is 1. The number of hydrogen-bond acceptors (Lipinski definition) is 4. The van der Waals surface area contributed by atoms with Crippen LogP contribution in [0.4, 0.5) is 0 Å². The molecule has 0 unspecified atom stereocenters. The predicted octanol–water partition coefficient (Wildman–Crippen LogP) is 2.09. The van der Waals surface area contributed by atoms with Gasteiger partial charge in [-0.3, -0.25) is 0 Å². The number of aliphatic hydroxyl groups is 1. The zero-order chi connectivity index (χ0) is 16.9. The number of aryl methyl sites for hydroxylation is 2. The van der Waals surface area contributed by atoms with Crippen LogP contribution in [0.15, 0.2) is 17.0 Å². The number of benzene rings is 1. The summed E-state index contributed by atoms with van der Waals surface area (Å²) in [5.74, 6) is 0.340. The van der Waals surface area contributed by atoms with Gasteiger partial charge in [-0.05, 0) is 44.0 Å². The van der Waals surface area contributed by atoms with Crippen molar-refractivity contribution in [2.75, 3.05) is 20.2 Å². The summed E-state index contributed by atoms with van der Waals surface area (Å²) >= 11 is 0. The molecule has 1 N–H and O–H groups in total. The summed E-state index contributed by atoms with van der Waals surface area (Å²) < 4.78 is 32.6. The van der Waals surface area contributed by atoms with Crippen LogP contribution in [0, 0.1) is 19.3 Å². The average Bonchev–Trinajstić information content (AvgIpc) is 2.61. The van der Waals surface area contributed by atoms with Crippen molar-refractivity contribution in [1.29, 1.82) is 0 Å². The second-order valence-corrected chi connectivity index (χ2v) is 8.92. The Kier molecular flexibility index (Phi) is 4.09. The minimum atomic E-state index is -3.71. The first-order chi connectivity index (χ1) is 9.92. The molecule has 6 heteroatoms. The third-order valence-electron chi connectivity index (χ3n) is 4.91. The highest BCUT2D eigenvalue weighted by molar-refractivity contribution is 7.89. The minimum Gasteiger partial charge on any atom is -0.495 e. The summed E-state index contributed by atoms with van der Waals surface area (Å²) in [5.41, 5.74) is 0.300. The fourth-order valence-electron chi connectivity index (χ4n) is 2.66. The molecule has 2 rings (SSSR count). The number of ether oxygens (including phenoxy) is 1. The maximum atomic E-state index is 13.0. The number of β-amino-alcohol motifs (C(OH)–C–C–N with tert-alkyl or cyclic N) is 1. The van der Waals surface area contributed by atoms with Crippen LogP contribution in [0.3, 0.4) is 0 Å². The maximum Gasteiger partial charge on any atom is 0.246 e. The fourth-order valence-corrected chi connectivity index (χ4v) is 4.57. The van der Waals surface area contributed by atoms with Crippen molar-refractivity contribution in [1.82, 2.24) is 4.31 Å². The van der Waals surface area contributed by atoms with Crippen molar-refractivity contribution in [3.63, 3.8) is 0 Å². The number of nitrogens with zero attached hydrogens (tertiary/aromatic N) is 1. The van der Waals surface area contributed by atoms with Gasteiger partial charge in [0.25, 0.3) is 0 Å². The Hall–Kier alpha value is -1.11. The van der Waals surface area contributed by atoms with E-state index in [-0.39, 0.29) is 18.0 Å². The van der Waals surface area contributed by atoms with Gasteiger partial charge in [-0.2, -0.15) is 4.31 Å². The molecule has 1 saturated heterocycles. The fraction of sp³-hybridized carbons (Fsp3) is 0.625. The van der Waals surface area contributed by atoms with Crippen LogP contribution in [0.2, 0.25) is 0 Å². The summed E-state index contributed by atoms with van der Waals surface area (Å²) in [6.45, 7) is 9.58. The molecule has 1 aliphatic rings. The van der Waals surface area contributed by atoms with E-state index in [1.54, 1.807) is 19.1 Å². The summed E-state index contributed by atoms with van der Waals surface area (Å²) in [6, 6.07) is 3.38. The molecule has 0 aromatic heterocycles. The minimum absolute atomic E-state index is 0.0818. The molecule has 1 aliphatic heterocycles. The second-order valence-electron chi connectivity index (χ2n) is 7.02. The van der Waals surface area contributed by atoms with E-state index in [9.17, 15) is 13.5 Å². The molecule has 1 aromatic rings. The molecule has 1 fully saturated rings. The highest BCUT2D eigenvalue weighted by atomic mass is 32.2. The van der Waals surface area contributed by atoms with Gasteiger partial charge in [-0.25, -0.2) is 8.42 Å². The number of sulfonamides is 1. The van der Waals surface area contributed by atoms with Crippen molar-refractivity contribution < 1.29 is 18.3 Å². The Morgan fingerprint density at radius 1 is 1.14 bits per heavy atom. The van der Waals surface area contributed by atoms with Crippen LogP contribution in [-0.4, -0.2) is 43.6 Å². The summed E-state index contributed by atoms with van der Waals surface area (Å²) in [4.78, 5) is 0.159. The molecular formula is C16H25NO4S. The number of rotatable bonds is 3. The summed E-state index contributed by atoms with van der Waals surface area (Å²) in [6.07, 6.45) is 0. The van der Waals surface area contributed by atoms with Gasteiger partial charge in [0.05, 0.1) is 12.7 Å². The lowest BCUT2D eigenvalue weighted by Gasteiger charge is -2.31. The molecule has 0 aliphatic carbocycles. The van der Waals surface area contributed by atoms with Gasteiger partial charge in [0.15, 0.2) is 0 Å². The van der Waals surface area contributed by atoms with Crippen LogP contribution in [-0.2, 0) is 10.0 Å². The predicted molar refractivity (Wildman–Crippen MR) is 85.6 cm³/mol. The number of methoxy groups -OCH3 is 1. The third-order valence-corrected chi connectivity index (χ3v) is 6.72. The van der Waals surface area contributed by atoms with Crippen molar-refractivity contribution in [2.24, 2.45) is 5.41 Å². The highest BCUT2D eigenvalue weighted by Gasteiger charge is 2.51. The molecule has 1 heterocycles. The van der Waals surface area contributed by atoms with Crippen molar-refractivity contribution in [3.05, 3.63) is 23.3 Å². The Morgan fingerprint density at radius 2 is 1.68 bits per heavy atom. The van der Waals surface area contributed by atoms with E-state index in [1.807, 2.05) is 27.7 Å². The van der Waals surface area contributed by atoms with Gasteiger partial charge in [-0.15, -0.1) is 0 Å². The summed E-state index contributed by atoms with van der Waals surface area (Å²) in [5, 5.41) is 10.5. The standard InChI is InChI=1S/C16H25NO4S/c1-11-7-13(21-6)14(8-12(11)2)22(19,20)17-9-15(3,4)16(5,18)10-17/h7-8,18H,9-10H2,1-6H3/t16-/m0/s1. The molecule has 22 heavy (non-hydrogen) atoms. The Bertz CT molecular complexity index is 676. The molecule has 0 amide bonds. The summed E-state index contributed by atoms with van der Waals surface area (Å²) in [7, 11) is -2.25. The van der Waals surface area contributed by atoms with Crippen molar-refractivity contribution >= 4 is 10.0 Å². The van der Waals surface area contributed by atoms with Crippen molar-refractivity contribution in [2.45, 2.75) is 45.1 Å². The monoisotopic (exact) mass is 327 g/mol. The van der Waals surface area contributed by atoms with E-state index in [0.717, 1.165) is 11.1 Å². The first-order valence-corrected chi connectivity index (χ1v) is 8.74. The van der Waals surface area contributed by atoms with E-state index < -0.39 is 21.0 Å². The van der Waals surface area contributed by atoms with Gasteiger partial charge in [0, 0.05) is 18.5 Å². The van der Waals surface area contributed by atoms with Gasteiger partial charge >= 0.3 is 0 Å². The molecule has 0 saturated carbocycles. The topological polar surface area (TPSA) is 66.8 Å². The SMILES string of the molecule is COc1cc(C)c(C)cc1S(=O)(=O)N1CC(C)(C)[C@@](C)(O)C1. The largest absolute Gasteiger partial charge is 0.495 e. The zero-order valence-electron chi connectivity index (χ0n) is 14.1. The average molecular weight is 327 g/mol. The van der Waals surface area contributed by atoms with Crippen LogP contribution in [0.5, 0.6) is 5.75 Å². The molecular weight excluding hydrogens is 302 g/mol. The van der Waals surface area contributed by atoms with E-state index in [2.05, 4.69) is 0 Å². The van der Waals surface area contributed by atoms with Gasteiger partial charge < -0.3 is 9.84 Å². The van der Waals surface area contributed by atoms with E-state index in [4.69, 9.17) is 4.74 Å². The Labute approximate surface area is 133 Å². The third kappa shape index (κ3) is 2.64. The van der Waals surface area contributed by atoms with Crippen LogP contribution < -0.4 is 4.74 Å². The Balaban J connectivity index is 2.51. The quantitative estimate of drug-likeness (QED) is 0.923. The van der Waals surface area contributed by atoms with E-state index in [1.165, 1.54) is 11.4 Å². The van der Waals surface area contributed by atoms with Crippen LogP contribution in [0.25, 0.3) is 0 Å². The van der Waals surface area contributed by atoms with E-state index in [0.29, 0.717) is 5.75 Å². The molecule has 1 atom stereocenters. The molecule has 124 valence electrons. The molecule has 0 spiro atoms. The van der Waals surface area contributed by atoms with Gasteiger partial charge in [0.1, 0.15) is 10.6 Å². The zero-order valence-corrected chi connectivity index (χ0v) is 14.9. The molecule has 0 bridgehead atoms. The van der Waals surface area contributed by atoms with Crippen LogP contribution >= 0.6 is 0 Å². The smallest absolute Gasteiger partial charge is 0.246 e. The molecule has 5 nitrogen and oxygen atoms in total. The Morgan fingerprint density at radius 3 is 2.14 bits per heavy atom.